The van der Waals surface area contributed by atoms with Crippen molar-refractivity contribution in [1.82, 2.24) is 5.16 Å². The number of nitrogens with zero attached hydrogens (tertiary/aromatic N) is 1. The summed E-state index contributed by atoms with van der Waals surface area (Å²) >= 11 is 3.15. The lowest BCUT2D eigenvalue weighted by Gasteiger charge is -1.72. The van der Waals surface area contributed by atoms with Crippen LogP contribution in [0.1, 0.15) is 5.76 Å². The van der Waals surface area contributed by atoms with Crippen molar-refractivity contribution in [3.63, 3.8) is 0 Å². The zero-order valence-corrected chi connectivity index (χ0v) is 5.32. The maximum Gasteiger partial charge on any atom is 0.151 e. The molecule has 0 saturated heterocycles. The van der Waals surface area contributed by atoms with Gasteiger partial charge in [0.1, 0.15) is 5.76 Å². The number of rotatable bonds is 0. The van der Waals surface area contributed by atoms with Crippen molar-refractivity contribution in [3.05, 3.63) is 16.4 Å². The van der Waals surface area contributed by atoms with Crippen LogP contribution in [0.2, 0.25) is 0 Å². The Hall–Kier alpha value is -0.310. The van der Waals surface area contributed by atoms with Crippen LogP contribution in [0.25, 0.3) is 0 Å². The topological polar surface area (TPSA) is 26.0 Å². The summed E-state index contributed by atoms with van der Waals surface area (Å²) in [5, 5.41) is 3.37. The summed E-state index contributed by atoms with van der Waals surface area (Å²) in [7, 11) is 0. The van der Waals surface area contributed by atoms with Crippen LogP contribution >= 0.6 is 15.9 Å². The SMILES string of the molecule is Cc1on[c]c1Br. The molecule has 2 nitrogen and oxygen atoms in total. The third-order valence-electron chi connectivity index (χ3n) is 0.635. The summed E-state index contributed by atoms with van der Waals surface area (Å²) in [5.41, 5.74) is 0. The molecule has 1 radical (unpaired) electrons. The van der Waals surface area contributed by atoms with Gasteiger partial charge in [0.05, 0.1) is 4.47 Å². The lowest BCUT2D eigenvalue weighted by molar-refractivity contribution is 0.395. The third-order valence-corrected chi connectivity index (χ3v) is 1.37. The van der Waals surface area contributed by atoms with Gasteiger partial charge in [-0.2, -0.15) is 0 Å². The molecule has 1 aromatic heterocycles. The molecular formula is C4H3BrNO. The number of aromatic nitrogens is 1. The van der Waals surface area contributed by atoms with Gasteiger partial charge in [-0.15, -0.1) is 0 Å². The van der Waals surface area contributed by atoms with Crippen molar-refractivity contribution in [1.29, 1.82) is 0 Å². The van der Waals surface area contributed by atoms with E-state index in [4.69, 9.17) is 0 Å². The highest BCUT2D eigenvalue weighted by Crippen LogP contribution is 2.11. The summed E-state index contributed by atoms with van der Waals surface area (Å²) in [5.74, 6) is 0.764. The number of halogens is 1. The summed E-state index contributed by atoms with van der Waals surface area (Å²) in [6.07, 6.45) is 2.57. The van der Waals surface area contributed by atoms with E-state index in [1.54, 1.807) is 0 Å². The molecule has 0 unspecified atom stereocenters. The zero-order chi connectivity index (χ0) is 5.28. The molecule has 37 valence electrons. The van der Waals surface area contributed by atoms with E-state index >= 15 is 0 Å². The fraction of sp³-hybridized carbons (Fsp3) is 0.250. The van der Waals surface area contributed by atoms with E-state index in [1.807, 2.05) is 6.92 Å². The van der Waals surface area contributed by atoms with E-state index in [0.717, 1.165) is 10.2 Å². The van der Waals surface area contributed by atoms with Gasteiger partial charge in [-0.05, 0) is 22.9 Å². The average molecular weight is 161 g/mol. The van der Waals surface area contributed by atoms with Crippen LogP contribution < -0.4 is 0 Å². The van der Waals surface area contributed by atoms with E-state index < -0.39 is 0 Å². The first-order valence-electron chi connectivity index (χ1n) is 1.80. The van der Waals surface area contributed by atoms with Gasteiger partial charge in [0, 0.05) is 0 Å². The van der Waals surface area contributed by atoms with Crippen LogP contribution in [0.15, 0.2) is 9.00 Å². The van der Waals surface area contributed by atoms with Gasteiger partial charge in [0.15, 0.2) is 6.20 Å². The molecule has 1 heterocycles. The lowest BCUT2D eigenvalue weighted by Crippen LogP contribution is -1.57. The summed E-state index contributed by atoms with van der Waals surface area (Å²) in [6.45, 7) is 1.81. The minimum atomic E-state index is 0.764. The standard InChI is InChI=1S/C4H3BrNO/c1-3-4(5)2-6-7-3/h1H3. The molecule has 0 aliphatic rings. The van der Waals surface area contributed by atoms with E-state index in [-0.39, 0.29) is 0 Å². The second kappa shape index (κ2) is 1.66. The van der Waals surface area contributed by atoms with Gasteiger partial charge in [0.25, 0.3) is 0 Å². The van der Waals surface area contributed by atoms with Crippen LogP contribution in [0.5, 0.6) is 0 Å². The number of aryl methyl sites for hydroxylation is 1. The fourth-order valence-electron chi connectivity index (χ4n) is 0.250. The Morgan fingerprint density at radius 2 is 2.57 bits per heavy atom. The minimum absolute atomic E-state index is 0.764. The molecule has 0 aromatic carbocycles. The molecule has 0 fully saturated rings. The highest BCUT2D eigenvalue weighted by Gasteiger charge is 1.94. The van der Waals surface area contributed by atoms with Gasteiger partial charge in [-0.3, -0.25) is 0 Å². The molecule has 0 N–H and O–H groups in total. The maximum atomic E-state index is 4.61. The van der Waals surface area contributed by atoms with Crippen LogP contribution in [0, 0.1) is 13.1 Å². The first kappa shape index (κ1) is 4.84. The average Bonchev–Trinajstić information content (AvgIpc) is 1.91. The molecule has 0 bridgehead atoms. The monoisotopic (exact) mass is 160 g/mol. The van der Waals surface area contributed by atoms with E-state index in [2.05, 4.69) is 31.8 Å². The fourth-order valence-corrected chi connectivity index (χ4v) is 0.395. The van der Waals surface area contributed by atoms with Gasteiger partial charge >= 0.3 is 0 Å². The van der Waals surface area contributed by atoms with Gasteiger partial charge in [0.2, 0.25) is 0 Å². The zero-order valence-electron chi connectivity index (χ0n) is 3.73. The van der Waals surface area contributed by atoms with Gasteiger partial charge < -0.3 is 4.52 Å². The number of hydrogen-bond acceptors (Lipinski definition) is 2. The van der Waals surface area contributed by atoms with Crippen LogP contribution in [-0.4, -0.2) is 5.16 Å². The maximum absolute atomic E-state index is 4.61. The molecule has 1 rings (SSSR count). The third kappa shape index (κ3) is 0.825. The quantitative estimate of drug-likeness (QED) is 0.576. The van der Waals surface area contributed by atoms with Crippen molar-refractivity contribution >= 4 is 15.9 Å². The largest absolute Gasteiger partial charge is 0.360 e. The second-order valence-electron chi connectivity index (χ2n) is 1.16. The van der Waals surface area contributed by atoms with Crippen molar-refractivity contribution in [2.75, 3.05) is 0 Å². The Balaban J connectivity index is 3.12. The molecule has 0 aliphatic heterocycles. The minimum Gasteiger partial charge on any atom is -0.360 e. The van der Waals surface area contributed by atoms with Crippen molar-refractivity contribution in [2.45, 2.75) is 6.92 Å². The van der Waals surface area contributed by atoms with Crippen LogP contribution in [-0.2, 0) is 0 Å². The second-order valence-corrected chi connectivity index (χ2v) is 1.96. The number of hydrogen-bond donors (Lipinski definition) is 0. The highest BCUT2D eigenvalue weighted by atomic mass is 79.9. The predicted molar refractivity (Wildman–Crippen MR) is 27.8 cm³/mol. The highest BCUT2D eigenvalue weighted by molar-refractivity contribution is 9.10. The van der Waals surface area contributed by atoms with Gasteiger partial charge in [-0.25, -0.2) is 0 Å². The van der Waals surface area contributed by atoms with Crippen molar-refractivity contribution in [3.8, 4) is 0 Å². The summed E-state index contributed by atoms with van der Waals surface area (Å²) in [6, 6.07) is 0. The molecule has 0 atom stereocenters. The van der Waals surface area contributed by atoms with Gasteiger partial charge in [-0.1, -0.05) is 5.16 Å². The summed E-state index contributed by atoms with van der Waals surface area (Å²) in [4.78, 5) is 0. The Morgan fingerprint density at radius 3 is 2.71 bits per heavy atom. The Kier molecular flexibility index (Phi) is 1.15. The molecular weight excluding hydrogens is 158 g/mol. The Morgan fingerprint density at radius 1 is 1.86 bits per heavy atom. The smallest absolute Gasteiger partial charge is 0.151 e. The molecule has 3 heteroatoms. The van der Waals surface area contributed by atoms with E-state index in [9.17, 15) is 0 Å². The van der Waals surface area contributed by atoms with Crippen LogP contribution in [0.4, 0.5) is 0 Å². The van der Waals surface area contributed by atoms with Crippen molar-refractivity contribution in [2.24, 2.45) is 0 Å². The first-order chi connectivity index (χ1) is 3.30. The van der Waals surface area contributed by atoms with E-state index in [1.165, 1.54) is 0 Å². The molecule has 7 heavy (non-hydrogen) atoms. The predicted octanol–water partition coefficient (Wildman–Crippen LogP) is 1.55. The Labute approximate surface area is 49.6 Å². The summed E-state index contributed by atoms with van der Waals surface area (Å²) < 4.78 is 5.41. The first-order valence-corrected chi connectivity index (χ1v) is 2.59. The normalized spacial score (nSPS) is 9.43. The Bertz CT molecular complexity index is 144. The molecule has 0 aliphatic carbocycles. The molecule has 1 aromatic rings. The van der Waals surface area contributed by atoms with Crippen molar-refractivity contribution < 1.29 is 4.52 Å². The molecule has 0 spiro atoms. The van der Waals surface area contributed by atoms with E-state index in [0.29, 0.717) is 0 Å². The lowest BCUT2D eigenvalue weighted by atomic mass is 10.5. The molecule has 0 saturated carbocycles. The molecule has 0 amide bonds. The van der Waals surface area contributed by atoms with Crippen LogP contribution in [0.3, 0.4) is 0 Å².